The first-order chi connectivity index (χ1) is 12.7. The number of esters is 2. The predicted octanol–water partition coefficient (Wildman–Crippen LogP) is 3.50. The van der Waals surface area contributed by atoms with Crippen LogP contribution in [0.15, 0.2) is 60.7 Å². The SMILES string of the molecule is CCOC(=O)c1c(C(=O)OC)nn(-c2ccccc2)c1-c1ccccc1. The highest BCUT2D eigenvalue weighted by Crippen LogP contribution is 2.30. The standard InChI is InChI=1S/C20H18N2O4/c1-3-26-19(23)16-17(20(24)25-2)21-22(15-12-8-5-9-13-15)18(16)14-10-6-4-7-11-14/h4-13H,3H2,1-2H3. The third-order valence-corrected chi connectivity index (χ3v) is 3.79. The van der Waals surface area contributed by atoms with Crippen LogP contribution in [0.25, 0.3) is 16.9 Å². The van der Waals surface area contributed by atoms with Crippen LogP contribution in [0.1, 0.15) is 27.8 Å². The molecule has 0 saturated carbocycles. The Morgan fingerprint density at radius 2 is 1.58 bits per heavy atom. The molecule has 0 fully saturated rings. The molecular formula is C20H18N2O4. The van der Waals surface area contributed by atoms with Gasteiger partial charge in [0.1, 0.15) is 5.56 Å². The number of methoxy groups -OCH3 is 1. The quantitative estimate of drug-likeness (QED) is 0.659. The van der Waals surface area contributed by atoms with E-state index in [2.05, 4.69) is 5.10 Å². The number of carbonyl (C=O) groups is 2. The molecule has 0 aliphatic carbocycles. The van der Waals surface area contributed by atoms with Crippen molar-refractivity contribution in [2.75, 3.05) is 13.7 Å². The van der Waals surface area contributed by atoms with Crippen molar-refractivity contribution in [1.29, 1.82) is 0 Å². The van der Waals surface area contributed by atoms with Gasteiger partial charge in [0.15, 0.2) is 5.69 Å². The van der Waals surface area contributed by atoms with Crippen LogP contribution in [0.3, 0.4) is 0 Å². The molecule has 132 valence electrons. The molecule has 1 heterocycles. The van der Waals surface area contributed by atoms with Crippen LogP contribution < -0.4 is 0 Å². The largest absolute Gasteiger partial charge is 0.464 e. The summed E-state index contributed by atoms with van der Waals surface area (Å²) >= 11 is 0. The number of hydrogen-bond donors (Lipinski definition) is 0. The lowest BCUT2D eigenvalue weighted by molar-refractivity contribution is 0.0503. The number of para-hydroxylation sites is 1. The molecule has 6 heteroatoms. The molecule has 0 spiro atoms. The van der Waals surface area contributed by atoms with Crippen LogP contribution in [0.4, 0.5) is 0 Å². The number of ether oxygens (including phenoxy) is 2. The molecule has 3 aromatic rings. The molecule has 0 atom stereocenters. The van der Waals surface area contributed by atoms with E-state index in [1.165, 1.54) is 7.11 Å². The summed E-state index contributed by atoms with van der Waals surface area (Å²) in [7, 11) is 1.25. The molecule has 0 amide bonds. The zero-order valence-electron chi connectivity index (χ0n) is 14.5. The third kappa shape index (κ3) is 3.21. The van der Waals surface area contributed by atoms with Crippen LogP contribution in [0.2, 0.25) is 0 Å². The molecule has 0 radical (unpaired) electrons. The second-order valence-electron chi connectivity index (χ2n) is 5.40. The molecular weight excluding hydrogens is 332 g/mol. The molecule has 26 heavy (non-hydrogen) atoms. The smallest absolute Gasteiger partial charge is 0.359 e. The van der Waals surface area contributed by atoms with E-state index in [9.17, 15) is 9.59 Å². The minimum atomic E-state index is -0.695. The summed E-state index contributed by atoms with van der Waals surface area (Å²) in [6, 6.07) is 18.5. The molecule has 1 aromatic heterocycles. The van der Waals surface area contributed by atoms with E-state index in [1.54, 1.807) is 11.6 Å². The molecule has 6 nitrogen and oxygen atoms in total. The predicted molar refractivity (Wildman–Crippen MR) is 96.3 cm³/mol. The Morgan fingerprint density at radius 3 is 2.15 bits per heavy atom. The minimum Gasteiger partial charge on any atom is -0.464 e. The average Bonchev–Trinajstić information content (AvgIpc) is 3.09. The number of aromatic nitrogens is 2. The van der Waals surface area contributed by atoms with Gasteiger partial charge in [-0.25, -0.2) is 14.3 Å². The Labute approximate surface area is 151 Å². The van der Waals surface area contributed by atoms with Crippen molar-refractivity contribution in [3.63, 3.8) is 0 Å². The first kappa shape index (κ1) is 17.4. The fourth-order valence-electron chi connectivity index (χ4n) is 2.67. The molecule has 0 bridgehead atoms. The summed E-state index contributed by atoms with van der Waals surface area (Å²) < 4.78 is 11.6. The normalized spacial score (nSPS) is 10.4. The molecule has 0 saturated heterocycles. The van der Waals surface area contributed by atoms with Gasteiger partial charge in [0.25, 0.3) is 0 Å². The summed E-state index contributed by atoms with van der Waals surface area (Å²) in [6.07, 6.45) is 0. The van der Waals surface area contributed by atoms with Gasteiger partial charge in [-0.1, -0.05) is 48.5 Å². The lowest BCUT2D eigenvalue weighted by Gasteiger charge is -2.09. The molecule has 0 aliphatic heterocycles. The Bertz CT molecular complexity index is 918. The summed E-state index contributed by atoms with van der Waals surface area (Å²) in [4.78, 5) is 24.9. The third-order valence-electron chi connectivity index (χ3n) is 3.79. The van der Waals surface area contributed by atoms with E-state index < -0.39 is 11.9 Å². The van der Waals surface area contributed by atoms with E-state index >= 15 is 0 Å². The zero-order valence-corrected chi connectivity index (χ0v) is 14.5. The van der Waals surface area contributed by atoms with Gasteiger partial charge in [-0.2, -0.15) is 5.10 Å². The van der Waals surface area contributed by atoms with Gasteiger partial charge >= 0.3 is 11.9 Å². The Hall–Kier alpha value is -3.41. The number of rotatable bonds is 5. The number of nitrogens with zero attached hydrogens (tertiary/aromatic N) is 2. The van der Waals surface area contributed by atoms with Crippen molar-refractivity contribution < 1.29 is 19.1 Å². The minimum absolute atomic E-state index is 0.0753. The van der Waals surface area contributed by atoms with Crippen molar-refractivity contribution >= 4 is 11.9 Å². The Kier molecular flexibility index (Phi) is 5.12. The van der Waals surface area contributed by atoms with Gasteiger partial charge in [0.2, 0.25) is 0 Å². The molecule has 0 N–H and O–H groups in total. The Morgan fingerprint density at radius 1 is 0.962 bits per heavy atom. The van der Waals surface area contributed by atoms with Gasteiger partial charge in [-0.15, -0.1) is 0 Å². The molecule has 3 rings (SSSR count). The number of carbonyl (C=O) groups excluding carboxylic acids is 2. The van der Waals surface area contributed by atoms with Gasteiger partial charge < -0.3 is 9.47 Å². The second-order valence-corrected chi connectivity index (χ2v) is 5.40. The van der Waals surface area contributed by atoms with E-state index in [0.717, 1.165) is 5.56 Å². The van der Waals surface area contributed by atoms with Crippen molar-refractivity contribution in [3.05, 3.63) is 71.9 Å². The average molecular weight is 350 g/mol. The van der Waals surface area contributed by atoms with Crippen LogP contribution in [0, 0.1) is 0 Å². The summed E-state index contributed by atoms with van der Waals surface area (Å²) in [5, 5.41) is 4.37. The number of hydrogen-bond acceptors (Lipinski definition) is 5. The summed E-state index contributed by atoms with van der Waals surface area (Å²) in [5.41, 5.74) is 1.95. The van der Waals surface area contributed by atoms with Crippen LogP contribution in [-0.4, -0.2) is 35.4 Å². The van der Waals surface area contributed by atoms with Gasteiger partial charge in [0, 0.05) is 5.56 Å². The second kappa shape index (κ2) is 7.65. The molecule has 0 unspecified atom stereocenters. The highest BCUT2D eigenvalue weighted by atomic mass is 16.5. The lowest BCUT2D eigenvalue weighted by atomic mass is 10.1. The fourth-order valence-corrected chi connectivity index (χ4v) is 2.67. The lowest BCUT2D eigenvalue weighted by Crippen LogP contribution is -2.12. The molecule has 2 aromatic carbocycles. The summed E-state index contributed by atoms with van der Waals surface area (Å²) in [6.45, 7) is 1.89. The maximum atomic E-state index is 12.6. The van der Waals surface area contributed by atoms with E-state index in [0.29, 0.717) is 11.4 Å². The van der Waals surface area contributed by atoms with E-state index in [1.807, 2.05) is 60.7 Å². The van der Waals surface area contributed by atoms with Gasteiger partial charge in [0.05, 0.1) is 25.1 Å². The maximum absolute atomic E-state index is 12.6. The zero-order chi connectivity index (χ0) is 18.5. The van der Waals surface area contributed by atoms with Crippen molar-refractivity contribution in [3.8, 4) is 16.9 Å². The first-order valence-corrected chi connectivity index (χ1v) is 8.16. The summed E-state index contributed by atoms with van der Waals surface area (Å²) in [5.74, 6) is -1.31. The fraction of sp³-hybridized carbons (Fsp3) is 0.150. The number of benzene rings is 2. The van der Waals surface area contributed by atoms with Crippen molar-refractivity contribution in [2.45, 2.75) is 6.92 Å². The van der Waals surface area contributed by atoms with Gasteiger partial charge in [-0.05, 0) is 19.1 Å². The molecule has 0 aliphatic rings. The highest BCUT2D eigenvalue weighted by Gasteiger charge is 2.30. The highest BCUT2D eigenvalue weighted by molar-refractivity contribution is 6.06. The first-order valence-electron chi connectivity index (χ1n) is 8.16. The monoisotopic (exact) mass is 350 g/mol. The maximum Gasteiger partial charge on any atom is 0.359 e. The Balaban J connectivity index is 2.34. The van der Waals surface area contributed by atoms with Crippen molar-refractivity contribution in [1.82, 2.24) is 9.78 Å². The van der Waals surface area contributed by atoms with Crippen molar-refractivity contribution in [2.24, 2.45) is 0 Å². The van der Waals surface area contributed by atoms with E-state index in [4.69, 9.17) is 9.47 Å². The van der Waals surface area contributed by atoms with Crippen LogP contribution >= 0.6 is 0 Å². The van der Waals surface area contributed by atoms with E-state index in [-0.39, 0.29) is 17.9 Å². The van der Waals surface area contributed by atoms with Crippen LogP contribution in [0.5, 0.6) is 0 Å². The topological polar surface area (TPSA) is 70.4 Å². The van der Waals surface area contributed by atoms with Crippen LogP contribution in [-0.2, 0) is 9.47 Å². The van der Waals surface area contributed by atoms with Gasteiger partial charge in [-0.3, -0.25) is 0 Å².